The fraction of sp³-hybridized carbons (Fsp3) is 0.174. The first-order valence-corrected chi connectivity index (χ1v) is 9.44. The maximum Gasteiger partial charge on any atom is 0.193 e. The van der Waals surface area contributed by atoms with Gasteiger partial charge in [0.1, 0.15) is 11.5 Å². The van der Waals surface area contributed by atoms with E-state index in [4.69, 9.17) is 15.2 Å². The minimum atomic E-state index is 0.351. The normalized spacial score (nSPS) is 11.1. The number of nitrogens with zero attached hydrogens (tertiary/aromatic N) is 1. The molecule has 0 saturated heterocycles. The molecule has 150 valence electrons. The van der Waals surface area contributed by atoms with Gasteiger partial charge in [-0.15, -0.1) is 0 Å². The monoisotopic (exact) mass is 390 g/mol. The fourth-order valence-corrected chi connectivity index (χ4v) is 2.65. The summed E-state index contributed by atoms with van der Waals surface area (Å²) in [4.78, 5) is 4.41. The predicted molar refractivity (Wildman–Crippen MR) is 119 cm³/mol. The second kappa shape index (κ2) is 10.7. The van der Waals surface area contributed by atoms with Gasteiger partial charge in [-0.25, -0.2) is 4.99 Å². The van der Waals surface area contributed by atoms with Gasteiger partial charge in [-0.2, -0.15) is 0 Å². The number of ether oxygens (including phenoxy) is 2. The van der Waals surface area contributed by atoms with E-state index in [9.17, 15) is 0 Å². The number of nitrogens with one attached hydrogen (secondary N) is 2. The van der Waals surface area contributed by atoms with E-state index in [2.05, 4.69) is 15.6 Å². The van der Waals surface area contributed by atoms with Crippen LogP contribution in [-0.2, 0) is 11.3 Å². The van der Waals surface area contributed by atoms with Crippen molar-refractivity contribution >= 4 is 17.3 Å². The molecule has 0 heterocycles. The third kappa shape index (κ3) is 6.86. The molecule has 0 amide bonds. The molecule has 4 N–H and O–H groups in total. The molecular formula is C23H26N4O2. The van der Waals surface area contributed by atoms with Crippen LogP contribution in [0, 0.1) is 0 Å². The lowest BCUT2D eigenvalue weighted by Gasteiger charge is -2.09. The smallest absolute Gasteiger partial charge is 0.193 e. The van der Waals surface area contributed by atoms with E-state index in [1.807, 2.05) is 78.9 Å². The molecule has 0 bridgehead atoms. The zero-order chi connectivity index (χ0) is 20.3. The summed E-state index contributed by atoms with van der Waals surface area (Å²) in [5.41, 5.74) is 8.98. The van der Waals surface area contributed by atoms with Crippen LogP contribution in [0.5, 0.6) is 11.5 Å². The Labute approximate surface area is 171 Å². The Hall–Kier alpha value is -3.51. The highest BCUT2D eigenvalue weighted by molar-refractivity contribution is 5.92. The van der Waals surface area contributed by atoms with Gasteiger partial charge in [0.15, 0.2) is 5.96 Å². The molecule has 6 heteroatoms. The minimum Gasteiger partial charge on any atom is -0.457 e. The molecule has 3 aromatic carbocycles. The number of aliphatic imine (C=N–C) groups is 1. The summed E-state index contributed by atoms with van der Waals surface area (Å²) < 4.78 is 10.9. The van der Waals surface area contributed by atoms with E-state index < -0.39 is 0 Å². The molecule has 0 aromatic heterocycles. The van der Waals surface area contributed by atoms with Crippen molar-refractivity contribution in [3.05, 3.63) is 84.4 Å². The van der Waals surface area contributed by atoms with Gasteiger partial charge in [0.2, 0.25) is 0 Å². The van der Waals surface area contributed by atoms with E-state index >= 15 is 0 Å². The quantitative estimate of drug-likeness (QED) is 0.285. The molecular weight excluding hydrogens is 364 g/mol. The van der Waals surface area contributed by atoms with E-state index in [-0.39, 0.29) is 0 Å². The highest BCUT2D eigenvalue weighted by Gasteiger charge is 2.01. The lowest BCUT2D eigenvalue weighted by molar-refractivity contribution is 0.211. The molecule has 0 aliphatic carbocycles. The number of hydrogen-bond donors (Lipinski definition) is 3. The van der Waals surface area contributed by atoms with Gasteiger partial charge in [-0.1, -0.05) is 36.4 Å². The molecule has 0 saturated carbocycles. The number of para-hydroxylation sites is 1. The van der Waals surface area contributed by atoms with Crippen LogP contribution in [0.2, 0.25) is 0 Å². The van der Waals surface area contributed by atoms with Gasteiger partial charge >= 0.3 is 0 Å². The van der Waals surface area contributed by atoms with Crippen LogP contribution >= 0.6 is 0 Å². The number of methoxy groups -OCH3 is 1. The molecule has 6 nitrogen and oxygen atoms in total. The van der Waals surface area contributed by atoms with Crippen molar-refractivity contribution in [1.29, 1.82) is 0 Å². The largest absolute Gasteiger partial charge is 0.457 e. The zero-order valence-corrected chi connectivity index (χ0v) is 16.5. The van der Waals surface area contributed by atoms with Gasteiger partial charge in [-0.05, 0) is 42.0 Å². The van der Waals surface area contributed by atoms with Gasteiger partial charge in [0.25, 0.3) is 0 Å². The summed E-state index contributed by atoms with van der Waals surface area (Å²) in [5.74, 6) is 1.86. The fourth-order valence-electron chi connectivity index (χ4n) is 2.65. The lowest BCUT2D eigenvalue weighted by atomic mass is 10.2. The summed E-state index contributed by atoms with van der Waals surface area (Å²) in [6, 6.07) is 25.3. The van der Waals surface area contributed by atoms with Gasteiger partial charge in [0.05, 0.1) is 13.2 Å². The number of rotatable bonds is 9. The van der Waals surface area contributed by atoms with E-state index in [1.165, 1.54) is 0 Å². The Bertz CT molecular complexity index is 912. The first-order valence-electron chi connectivity index (χ1n) is 9.44. The Morgan fingerprint density at radius 3 is 2.41 bits per heavy atom. The van der Waals surface area contributed by atoms with E-state index in [0.717, 1.165) is 35.0 Å². The molecule has 0 aliphatic rings. The number of nitrogens with two attached hydrogens (primary N) is 1. The van der Waals surface area contributed by atoms with E-state index in [0.29, 0.717) is 19.1 Å². The third-order valence-corrected chi connectivity index (χ3v) is 4.11. The highest BCUT2D eigenvalue weighted by atomic mass is 16.5. The molecule has 0 atom stereocenters. The molecule has 3 rings (SSSR count). The topological polar surface area (TPSA) is 80.9 Å². The standard InChI is InChI=1S/C23H26N4O2/c1-28-15-14-25-19-12-10-18(11-13-19)17-26-23(24)27-20-6-5-9-22(16-20)29-21-7-3-2-4-8-21/h2-13,16,25H,14-15,17H2,1H3,(H3,24,26,27). The van der Waals surface area contributed by atoms with Crippen molar-refractivity contribution in [2.75, 3.05) is 30.9 Å². The van der Waals surface area contributed by atoms with Gasteiger partial charge in [-0.3, -0.25) is 0 Å². The van der Waals surface area contributed by atoms with Gasteiger partial charge < -0.3 is 25.8 Å². The number of guanidine groups is 1. The minimum absolute atomic E-state index is 0.351. The molecule has 0 spiro atoms. The lowest BCUT2D eigenvalue weighted by Crippen LogP contribution is -2.22. The summed E-state index contributed by atoms with van der Waals surface area (Å²) in [5, 5.41) is 6.39. The highest BCUT2D eigenvalue weighted by Crippen LogP contribution is 2.23. The predicted octanol–water partition coefficient (Wildman–Crippen LogP) is 4.46. The summed E-state index contributed by atoms with van der Waals surface area (Å²) in [6.07, 6.45) is 0. The molecule has 3 aromatic rings. The Balaban J connectivity index is 1.53. The molecule has 0 aliphatic heterocycles. The number of benzene rings is 3. The van der Waals surface area contributed by atoms with Crippen LogP contribution in [0.3, 0.4) is 0 Å². The van der Waals surface area contributed by atoms with Crippen LogP contribution < -0.4 is 21.1 Å². The second-order valence-corrected chi connectivity index (χ2v) is 6.39. The Kier molecular flexibility index (Phi) is 7.48. The number of anilines is 2. The molecule has 0 radical (unpaired) electrons. The van der Waals surface area contributed by atoms with Crippen LogP contribution in [-0.4, -0.2) is 26.2 Å². The van der Waals surface area contributed by atoms with Crippen LogP contribution in [0.25, 0.3) is 0 Å². The first kappa shape index (κ1) is 20.2. The Morgan fingerprint density at radius 2 is 1.66 bits per heavy atom. The third-order valence-electron chi connectivity index (χ3n) is 4.11. The van der Waals surface area contributed by atoms with Crippen molar-refractivity contribution in [2.24, 2.45) is 10.7 Å². The zero-order valence-electron chi connectivity index (χ0n) is 16.5. The molecule has 29 heavy (non-hydrogen) atoms. The van der Waals surface area contributed by atoms with Gasteiger partial charge in [0, 0.05) is 31.1 Å². The summed E-state index contributed by atoms with van der Waals surface area (Å²) in [6.45, 7) is 1.95. The SMILES string of the molecule is COCCNc1ccc(CN=C(N)Nc2cccc(Oc3ccccc3)c2)cc1. The van der Waals surface area contributed by atoms with Crippen molar-refractivity contribution in [3.63, 3.8) is 0 Å². The van der Waals surface area contributed by atoms with Crippen LogP contribution in [0.4, 0.5) is 11.4 Å². The number of hydrogen-bond acceptors (Lipinski definition) is 4. The van der Waals surface area contributed by atoms with Crippen LogP contribution in [0.15, 0.2) is 83.9 Å². The maximum absolute atomic E-state index is 6.04. The maximum atomic E-state index is 6.04. The average Bonchev–Trinajstić information content (AvgIpc) is 2.74. The Morgan fingerprint density at radius 1 is 0.897 bits per heavy atom. The first-order chi connectivity index (χ1) is 14.2. The molecule has 0 unspecified atom stereocenters. The van der Waals surface area contributed by atoms with Crippen molar-refractivity contribution in [2.45, 2.75) is 6.54 Å². The summed E-state index contributed by atoms with van der Waals surface area (Å²) >= 11 is 0. The molecule has 0 fully saturated rings. The average molecular weight is 390 g/mol. The van der Waals surface area contributed by atoms with Crippen molar-refractivity contribution in [3.8, 4) is 11.5 Å². The van der Waals surface area contributed by atoms with Crippen molar-refractivity contribution < 1.29 is 9.47 Å². The summed E-state index contributed by atoms with van der Waals surface area (Å²) in [7, 11) is 1.69. The second-order valence-electron chi connectivity index (χ2n) is 6.39. The van der Waals surface area contributed by atoms with E-state index in [1.54, 1.807) is 7.11 Å². The van der Waals surface area contributed by atoms with Crippen molar-refractivity contribution in [1.82, 2.24) is 0 Å². The van der Waals surface area contributed by atoms with Crippen LogP contribution in [0.1, 0.15) is 5.56 Å².